The third-order valence-corrected chi connectivity index (χ3v) is 4.32. The molecule has 2 N–H and O–H groups in total. The van der Waals surface area contributed by atoms with Gasteiger partial charge in [0.05, 0.1) is 10.7 Å². The van der Waals surface area contributed by atoms with Gasteiger partial charge in [0.1, 0.15) is 0 Å². The highest BCUT2D eigenvalue weighted by atomic mass is 32.1. The Bertz CT molecular complexity index is 687. The molecule has 1 aromatic heterocycles. The van der Waals surface area contributed by atoms with E-state index in [0.29, 0.717) is 6.54 Å². The maximum absolute atomic E-state index is 5.57. The first-order valence-electron chi connectivity index (χ1n) is 7.13. The van der Waals surface area contributed by atoms with E-state index in [9.17, 15) is 0 Å². The average Bonchev–Trinajstić information content (AvgIpc) is 2.98. The van der Waals surface area contributed by atoms with Crippen LogP contribution in [0.15, 0.2) is 60.0 Å². The number of nitrogens with zero attached hydrogens (tertiary/aromatic N) is 1. The molecule has 3 aromatic rings. The van der Waals surface area contributed by atoms with Crippen molar-refractivity contribution >= 4 is 11.3 Å². The lowest BCUT2D eigenvalue weighted by Gasteiger charge is -2.03. The maximum Gasteiger partial charge on any atom is 0.0945 e. The van der Waals surface area contributed by atoms with Crippen molar-refractivity contribution in [1.29, 1.82) is 0 Å². The van der Waals surface area contributed by atoms with Crippen LogP contribution in [0.5, 0.6) is 0 Å². The number of thiazole rings is 1. The Hall–Kier alpha value is -1.97. The van der Waals surface area contributed by atoms with Crippen molar-refractivity contribution in [2.24, 2.45) is 5.73 Å². The fourth-order valence-electron chi connectivity index (χ4n) is 2.31. The van der Waals surface area contributed by atoms with Gasteiger partial charge in [-0.05, 0) is 24.1 Å². The van der Waals surface area contributed by atoms with E-state index in [-0.39, 0.29) is 0 Å². The molecule has 0 radical (unpaired) electrons. The summed E-state index contributed by atoms with van der Waals surface area (Å²) in [5, 5.41) is 3.22. The maximum atomic E-state index is 5.57. The first-order chi connectivity index (χ1) is 10.3. The highest BCUT2D eigenvalue weighted by molar-refractivity contribution is 7.09. The molecule has 3 heteroatoms. The van der Waals surface area contributed by atoms with Crippen LogP contribution < -0.4 is 5.73 Å². The Morgan fingerprint density at radius 2 is 1.62 bits per heavy atom. The van der Waals surface area contributed by atoms with Crippen LogP contribution in [0.25, 0.3) is 11.3 Å². The van der Waals surface area contributed by atoms with Gasteiger partial charge in [-0.3, -0.25) is 0 Å². The van der Waals surface area contributed by atoms with Gasteiger partial charge >= 0.3 is 0 Å². The molecule has 2 aromatic carbocycles. The van der Waals surface area contributed by atoms with Crippen LogP contribution >= 0.6 is 11.3 Å². The lowest BCUT2D eigenvalue weighted by Crippen LogP contribution is -2.01. The van der Waals surface area contributed by atoms with Gasteiger partial charge in [0.25, 0.3) is 0 Å². The molecule has 0 saturated heterocycles. The number of benzene rings is 2. The Kier molecular flexibility index (Phi) is 4.43. The van der Waals surface area contributed by atoms with Crippen molar-refractivity contribution in [3.8, 4) is 11.3 Å². The molecule has 3 rings (SSSR count). The summed E-state index contributed by atoms with van der Waals surface area (Å²) in [6.07, 6.45) is 1.83. The van der Waals surface area contributed by atoms with Gasteiger partial charge < -0.3 is 5.73 Å². The van der Waals surface area contributed by atoms with Gasteiger partial charge in [0.2, 0.25) is 0 Å². The van der Waals surface area contributed by atoms with E-state index < -0.39 is 0 Å². The largest absolute Gasteiger partial charge is 0.330 e. The van der Waals surface area contributed by atoms with E-state index in [4.69, 9.17) is 5.73 Å². The van der Waals surface area contributed by atoms with E-state index >= 15 is 0 Å². The Morgan fingerprint density at radius 3 is 2.33 bits per heavy atom. The highest BCUT2D eigenvalue weighted by Gasteiger charge is 2.04. The quantitative estimate of drug-likeness (QED) is 0.775. The molecule has 0 spiro atoms. The predicted octanol–water partition coefficient (Wildman–Crippen LogP) is 3.90. The van der Waals surface area contributed by atoms with Crippen molar-refractivity contribution in [3.05, 3.63) is 76.1 Å². The zero-order chi connectivity index (χ0) is 14.5. The summed E-state index contributed by atoms with van der Waals surface area (Å²) in [6.45, 7) is 0.656. The normalized spacial score (nSPS) is 10.7. The van der Waals surface area contributed by atoms with Crippen molar-refractivity contribution in [2.45, 2.75) is 12.8 Å². The van der Waals surface area contributed by atoms with E-state index in [2.05, 4.69) is 58.9 Å². The molecule has 0 bridgehead atoms. The summed E-state index contributed by atoms with van der Waals surface area (Å²) in [5.74, 6) is 0. The Morgan fingerprint density at radius 1 is 0.905 bits per heavy atom. The van der Waals surface area contributed by atoms with E-state index in [1.54, 1.807) is 11.3 Å². The molecule has 0 atom stereocenters. The molecule has 2 nitrogen and oxygen atoms in total. The monoisotopic (exact) mass is 294 g/mol. The molecule has 0 amide bonds. The second-order valence-corrected chi connectivity index (χ2v) is 5.97. The number of hydrogen-bond donors (Lipinski definition) is 1. The third-order valence-electron chi connectivity index (χ3n) is 3.41. The highest BCUT2D eigenvalue weighted by Crippen LogP contribution is 2.23. The van der Waals surface area contributed by atoms with Crippen molar-refractivity contribution in [2.75, 3.05) is 6.54 Å². The second kappa shape index (κ2) is 6.66. The lowest BCUT2D eigenvalue weighted by molar-refractivity contribution is 0.954. The molecule has 0 aliphatic carbocycles. The van der Waals surface area contributed by atoms with Crippen molar-refractivity contribution < 1.29 is 0 Å². The predicted molar refractivity (Wildman–Crippen MR) is 89.6 cm³/mol. The molecule has 0 unspecified atom stereocenters. The molecule has 1 heterocycles. The minimum absolute atomic E-state index is 0.656. The van der Waals surface area contributed by atoms with Gasteiger partial charge in [-0.15, -0.1) is 11.3 Å². The molecular formula is C18H18N2S. The van der Waals surface area contributed by atoms with E-state index in [1.165, 1.54) is 16.7 Å². The van der Waals surface area contributed by atoms with Gasteiger partial charge in [-0.1, -0.05) is 54.6 Å². The molecule has 0 aliphatic heterocycles. The summed E-state index contributed by atoms with van der Waals surface area (Å²) >= 11 is 1.68. The molecule has 106 valence electrons. The van der Waals surface area contributed by atoms with Crippen LogP contribution in [-0.4, -0.2) is 11.5 Å². The average molecular weight is 294 g/mol. The van der Waals surface area contributed by atoms with Crippen molar-refractivity contribution in [1.82, 2.24) is 4.98 Å². The first-order valence-corrected chi connectivity index (χ1v) is 8.01. The Balaban J connectivity index is 1.74. The second-order valence-electron chi connectivity index (χ2n) is 5.02. The van der Waals surface area contributed by atoms with Crippen molar-refractivity contribution in [3.63, 3.8) is 0 Å². The molecule has 0 fully saturated rings. The van der Waals surface area contributed by atoms with Crippen LogP contribution in [0.4, 0.5) is 0 Å². The first kappa shape index (κ1) is 14.0. The third kappa shape index (κ3) is 3.57. The summed E-state index contributed by atoms with van der Waals surface area (Å²) in [7, 11) is 0. The standard InChI is InChI=1S/C18H18N2S/c19-11-10-18-20-17(13-21-18)16-8-6-15(7-9-16)12-14-4-2-1-3-5-14/h1-9,13H,10-12,19H2. The van der Waals surface area contributed by atoms with Crippen LogP contribution in [0.3, 0.4) is 0 Å². The number of nitrogens with two attached hydrogens (primary N) is 1. The smallest absolute Gasteiger partial charge is 0.0945 e. The topological polar surface area (TPSA) is 38.9 Å². The Labute approximate surface area is 129 Å². The summed E-state index contributed by atoms with van der Waals surface area (Å²) in [6, 6.07) is 19.2. The minimum atomic E-state index is 0.656. The number of rotatable bonds is 5. The fraction of sp³-hybridized carbons (Fsp3) is 0.167. The van der Waals surface area contributed by atoms with Gasteiger partial charge in [0, 0.05) is 17.4 Å². The summed E-state index contributed by atoms with van der Waals surface area (Å²) in [5.41, 5.74) is 10.5. The van der Waals surface area contributed by atoms with Gasteiger partial charge in [-0.2, -0.15) is 0 Å². The number of hydrogen-bond acceptors (Lipinski definition) is 3. The van der Waals surface area contributed by atoms with Crippen LogP contribution in [-0.2, 0) is 12.8 Å². The zero-order valence-electron chi connectivity index (χ0n) is 11.8. The van der Waals surface area contributed by atoms with Gasteiger partial charge in [0.15, 0.2) is 0 Å². The van der Waals surface area contributed by atoms with E-state index in [0.717, 1.165) is 23.5 Å². The SMILES string of the molecule is NCCc1nc(-c2ccc(Cc3ccccc3)cc2)cs1. The lowest BCUT2D eigenvalue weighted by atomic mass is 10.0. The molecular weight excluding hydrogens is 276 g/mol. The molecule has 21 heavy (non-hydrogen) atoms. The molecule has 0 aliphatic rings. The van der Waals surface area contributed by atoms with Crippen LogP contribution in [0.1, 0.15) is 16.1 Å². The van der Waals surface area contributed by atoms with Gasteiger partial charge in [-0.25, -0.2) is 4.98 Å². The van der Waals surface area contributed by atoms with Crippen LogP contribution in [0.2, 0.25) is 0 Å². The number of aromatic nitrogens is 1. The molecule has 0 saturated carbocycles. The van der Waals surface area contributed by atoms with Crippen LogP contribution in [0, 0.1) is 0 Å². The summed E-state index contributed by atoms with van der Waals surface area (Å²) < 4.78 is 0. The minimum Gasteiger partial charge on any atom is -0.330 e. The fourth-order valence-corrected chi connectivity index (χ4v) is 3.13. The zero-order valence-corrected chi connectivity index (χ0v) is 12.6. The van der Waals surface area contributed by atoms with E-state index in [1.807, 2.05) is 6.07 Å². The summed E-state index contributed by atoms with van der Waals surface area (Å²) in [4.78, 5) is 4.62.